The summed E-state index contributed by atoms with van der Waals surface area (Å²) in [5.41, 5.74) is 1.36. The number of ether oxygens (including phenoxy) is 1. The third-order valence-electron chi connectivity index (χ3n) is 4.60. The topological polar surface area (TPSA) is 75.7 Å². The Kier molecular flexibility index (Phi) is 6.01. The van der Waals surface area contributed by atoms with Gasteiger partial charge in [-0.3, -0.25) is 9.59 Å². The van der Waals surface area contributed by atoms with Gasteiger partial charge < -0.3 is 15.0 Å². The van der Waals surface area contributed by atoms with Crippen molar-refractivity contribution in [3.05, 3.63) is 65.7 Å². The van der Waals surface area contributed by atoms with Crippen LogP contribution < -0.4 is 10.2 Å². The molecule has 29 heavy (non-hydrogen) atoms. The Labute approximate surface area is 170 Å². The molecule has 0 saturated carbocycles. The molecule has 0 radical (unpaired) electrons. The van der Waals surface area contributed by atoms with E-state index < -0.39 is 17.7 Å². The van der Waals surface area contributed by atoms with Gasteiger partial charge in [0.25, 0.3) is 0 Å². The van der Waals surface area contributed by atoms with Crippen molar-refractivity contribution in [3.8, 4) is 0 Å². The molecule has 0 aromatic heterocycles. The summed E-state index contributed by atoms with van der Waals surface area (Å²) in [6, 6.07) is 15.7. The highest BCUT2D eigenvalue weighted by Crippen LogP contribution is 2.27. The fourth-order valence-electron chi connectivity index (χ4n) is 3.33. The lowest BCUT2D eigenvalue weighted by atomic mass is 9.98. The van der Waals surface area contributed by atoms with Crippen LogP contribution in [0, 0.1) is 0 Å². The zero-order valence-electron chi connectivity index (χ0n) is 17.0. The SMILES string of the molecule is CC(C)(C)OC(=O)NC(Cc1ccccc1)C(=O)N1CCC(=O)c2ccccc21. The molecule has 0 aliphatic carbocycles. The van der Waals surface area contributed by atoms with Crippen molar-refractivity contribution in [3.63, 3.8) is 0 Å². The van der Waals surface area contributed by atoms with Crippen molar-refractivity contribution in [1.82, 2.24) is 5.32 Å². The van der Waals surface area contributed by atoms with Gasteiger partial charge in [0.2, 0.25) is 5.91 Å². The minimum atomic E-state index is -0.812. The van der Waals surface area contributed by atoms with E-state index in [4.69, 9.17) is 4.74 Å². The number of nitrogens with one attached hydrogen (secondary N) is 1. The first-order valence-electron chi connectivity index (χ1n) is 9.71. The molecule has 1 atom stereocenters. The van der Waals surface area contributed by atoms with Crippen molar-refractivity contribution in [2.75, 3.05) is 11.4 Å². The van der Waals surface area contributed by atoms with E-state index in [0.29, 0.717) is 17.7 Å². The number of anilines is 1. The summed E-state index contributed by atoms with van der Waals surface area (Å²) in [4.78, 5) is 39.6. The molecule has 1 unspecified atom stereocenters. The van der Waals surface area contributed by atoms with Gasteiger partial charge in [0.1, 0.15) is 11.6 Å². The Hall–Kier alpha value is -3.15. The quantitative estimate of drug-likeness (QED) is 0.857. The zero-order valence-corrected chi connectivity index (χ0v) is 17.0. The molecular formula is C23H26N2O4. The number of carbonyl (C=O) groups excluding carboxylic acids is 3. The Morgan fingerprint density at radius 3 is 2.41 bits per heavy atom. The Morgan fingerprint density at radius 1 is 1.07 bits per heavy atom. The third-order valence-corrected chi connectivity index (χ3v) is 4.60. The predicted molar refractivity (Wildman–Crippen MR) is 111 cm³/mol. The van der Waals surface area contributed by atoms with E-state index >= 15 is 0 Å². The van der Waals surface area contributed by atoms with Gasteiger partial charge in [-0.1, -0.05) is 42.5 Å². The van der Waals surface area contributed by atoms with E-state index in [9.17, 15) is 14.4 Å². The van der Waals surface area contributed by atoms with E-state index in [-0.39, 0.29) is 24.7 Å². The van der Waals surface area contributed by atoms with Crippen LogP contribution in [0.4, 0.5) is 10.5 Å². The second-order valence-electron chi connectivity index (χ2n) is 8.07. The molecule has 3 rings (SSSR count). The minimum Gasteiger partial charge on any atom is -0.444 e. The van der Waals surface area contributed by atoms with Crippen LogP contribution in [-0.2, 0) is 16.0 Å². The number of benzene rings is 2. The van der Waals surface area contributed by atoms with Crippen molar-refractivity contribution in [1.29, 1.82) is 0 Å². The third kappa shape index (κ3) is 5.22. The van der Waals surface area contributed by atoms with Gasteiger partial charge in [-0.05, 0) is 38.5 Å². The normalized spacial score (nSPS) is 14.7. The molecule has 0 fully saturated rings. The first-order chi connectivity index (χ1) is 13.7. The number of hydrogen-bond acceptors (Lipinski definition) is 4. The van der Waals surface area contributed by atoms with Crippen LogP contribution in [0.5, 0.6) is 0 Å². The van der Waals surface area contributed by atoms with Crippen LogP contribution in [0.2, 0.25) is 0 Å². The van der Waals surface area contributed by atoms with Gasteiger partial charge in [0.05, 0.1) is 5.69 Å². The molecule has 1 N–H and O–H groups in total. The molecule has 152 valence electrons. The number of fused-ring (bicyclic) bond motifs is 1. The molecule has 0 spiro atoms. The van der Waals surface area contributed by atoms with Gasteiger partial charge >= 0.3 is 6.09 Å². The molecule has 2 amide bonds. The molecule has 6 heteroatoms. The number of Topliss-reactive ketones (excluding diaryl/α,β-unsaturated/α-hetero) is 1. The maximum atomic E-state index is 13.4. The number of hydrogen-bond donors (Lipinski definition) is 1. The summed E-state index contributed by atoms with van der Waals surface area (Å²) in [7, 11) is 0. The predicted octanol–water partition coefficient (Wildman–Crippen LogP) is 3.74. The molecule has 1 aliphatic heterocycles. The number of ketones is 1. The average Bonchev–Trinajstić information content (AvgIpc) is 2.67. The molecule has 2 aromatic rings. The lowest BCUT2D eigenvalue weighted by molar-refractivity contribution is -0.120. The van der Waals surface area contributed by atoms with Crippen molar-refractivity contribution >= 4 is 23.5 Å². The largest absolute Gasteiger partial charge is 0.444 e. The van der Waals surface area contributed by atoms with Crippen molar-refractivity contribution < 1.29 is 19.1 Å². The highest BCUT2D eigenvalue weighted by atomic mass is 16.6. The van der Waals surface area contributed by atoms with Crippen LogP contribution in [0.15, 0.2) is 54.6 Å². The fourth-order valence-corrected chi connectivity index (χ4v) is 3.33. The van der Waals surface area contributed by atoms with Crippen LogP contribution >= 0.6 is 0 Å². The average molecular weight is 394 g/mol. The van der Waals surface area contributed by atoms with Gasteiger partial charge in [-0.25, -0.2) is 4.79 Å². The maximum Gasteiger partial charge on any atom is 0.408 e. The molecular weight excluding hydrogens is 368 g/mol. The van der Waals surface area contributed by atoms with E-state index in [1.165, 1.54) is 0 Å². The summed E-state index contributed by atoms with van der Waals surface area (Å²) < 4.78 is 5.36. The number of para-hydroxylation sites is 1. The molecule has 1 aliphatic rings. The van der Waals surface area contributed by atoms with Crippen LogP contribution in [0.3, 0.4) is 0 Å². The summed E-state index contributed by atoms with van der Waals surface area (Å²) in [5.74, 6) is -0.246. The highest BCUT2D eigenvalue weighted by Gasteiger charge is 2.33. The van der Waals surface area contributed by atoms with Gasteiger partial charge in [-0.2, -0.15) is 0 Å². The first-order valence-corrected chi connectivity index (χ1v) is 9.71. The van der Waals surface area contributed by atoms with E-state index in [2.05, 4.69) is 5.32 Å². The number of rotatable bonds is 4. The summed E-state index contributed by atoms with van der Waals surface area (Å²) in [6.07, 6.45) is -0.0631. The number of alkyl carbamates (subject to hydrolysis) is 1. The maximum absolute atomic E-state index is 13.4. The zero-order chi connectivity index (χ0) is 21.0. The van der Waals surface area contributed by atoms with Crippen molar-refractivity contribution in [2.24, 2.45) is 0 Å². The van der Waals surface area contributed by atoms with E-state index in [1.807, 2.05) is 30.3 Å². The Balaban J connectivity index is 1.87. The van der Waals surface area contributed by atoms with Gasteiger partial charge in [0.15, 0.2) is 5.78 Å². The van der Waals surface area contributed by atoms with E-state index in [1.54, 1.807) is 49.9 Å². The number of carbonyl (C=O) groups is 3. The monoisotopic (exact) mass is 394 g/mol. The highest BCUT2D eigenvalue weighted by molar-refractivity contribution is 6.10. The summed E-state index contributed by atoms with van der Waals surface area (Å²) >= 11 is 0. The molecule has 6 nitrogen and oxygen atoms in total. The summed E-state index contributed by atoms with van der Waals surface area (Å²) in [6.45, 7) is 5.60. The molecule has 0 bridgehead atoms. The lowest BCUT2D eigenvalue weighted by Crippen LogP contribution is -2.52. The number of nitrogens with zero attached hydrogens (tertiary/aromatic N) is 1. The van der Waals surface area contributed by atoms with Crippen LogP contribution in [0.25, 0.3) is 0 Å². The summed E-state index contributed by atoms with van der Waals surface area (Å²) in [5, 5.41) is 2.72. The first kappa shape index (κ1) is 20.6. The smallest absolute Gasteiger partial charge is 0.408 e. The standard InChI is InChI=1S/C23H26N2O4/c1-23(2,3)29-22(28)24-18(15-16-9-5-4-6-10-16)21(27)25-14-13-20(26)17-11-7-8-12-19(17)25/h4-12,18H,13-15H2,1-3H3,(H,24,28). The van der Waals surface area contributed by atoms with E-state index in [0.717, 1.165) is 5.56 Å². The molecule has 1 heterocycles. The van der Waals surface area contributed by atoms with Crippen LogP contribution in [0.1, 0.15) is 43.1 Å². The lowest BCUT2D eigenvalue weighted by Gasteiger charge is -2.32. The second kappa shape index (κ2) is 8.47. The Morgan fingerprint density at radius 2 is 1.72 bits per heavy atom. The fraction of sp³-hybridized carbons (Fsp3) is 0.348. The Bertz CT molecular complexity index is 903. The number of amides is 2. The molecule has 2 aromatic carbocycles. The van der Waals surface area contributed by atoms with Gasteiger partial charge in [-0.15, -0.1) is 0 Å². The van der Waals surface area contributed by atoms with Crippen LogP contribution in [-0.4, -0.2) is 36.0 Å². The van der Waals surface area contributed by atoms with Crippen molar-refractivity contribution in [2.45, 2.75) is 45.3 Å². The minimum absolute atomic E-state index is 0.0179. The molecule has 0 saturated heterocycles. The van der Waals surface area contributed by atoms with Gasteiger partial charge in [0, 0.05) is 24.9 Å². The second-order valence-corrected chi connectivity index (χ2v) is 8.07.